The number of carboxylic acids is 1. The van der Waals surface area contributed by atoms with Crippen LogP contribution in [0.5, 0.6) is 0 Å². The maximum absolute atomic E-state index is 13.1. The van der Waals surface area contributed by atoms with Crippen LogP contribution >= 0.6 is 0 Å². The molecular weight excluding hydrogens is 247 g/mol. The zero-order valence-electron chi connectivity index (χ0n) is 9.50. The van der Waals surface area contributed by atoms with Gasteiger partial charge in [-0.2, -0.15) is 0 Å². The summed E-state index contributed by atoms with van der Waals surface area (Å²) in [5.74, 6) is -4.70. The van der Waals surface area contributed by atoms with Crippen molar-refractivity contribution >= 4 is 5.97 Å². The van der Waals surface area contributed by atoms with E-state index in [4.69, 9.17) is 0 Å². The van der Waals surface area contributed by atoms with E-state index in [0.717, 1.165) is 12.3 Å². The molecule has 0 atom stereocenters. The van der Waals surface area contributed by atoms with Crippen LogP contribution < -0.4 is 0 Å². The van der Waals surface area contributed by atoms with Crippen molar-refractivity contribution in [3.05, 3.63) is 29.8 Å². The van der Waals surface area contributed by atoms with Crippen LogP contribution in [0, 0.1) is 5.82 Å². The number of rotatable bonds is 2. The van der Waals surface area contributed by atoms with Gasteiger partial charge < -0.3 is 5.11 Å². The predicted octanol–water partition coefficient (Wildman–Crippen LogP) is 2.75. The zero-order valence-corrected chi connectivity index (χ0v) is 9.50. The molecule has 1 heterocycles. The number of halogens is 3. The van der Waals surface area contributed by atoms with Crippen LogP contribution in [0.3, 0.4) is 0 Å². The van der Waals surface area contributed by atoms with Crippen LogP contribution in [0.1, 0.15) is 31.2 Å². The average Bonchev–Trinajstić information content (AvgIpc) is 2.29. The van der Waals surface area contributed by atoms with Crippen molar-refractivity contribution in [1.82, 2.24) is 4.98 Å². The highest BCUT2D eigenvalue weighted by Crippen LogP contribution is 2.45. The van der Waals surface area contributed by atoms with Gasteiger partial charge in [0.25, 0.3) is 0 Å². The molecule has 18 heavy (non-hydrogen) atoms. The third-order valence-corrected chi connectivity index (χ3v) is 3.50. The molecule has 0 spiro atoms. The van der Waals surface area contributed by atoms with Gasteiger partial charge in [-0.1, -0.05) is 0 Å². The van der Waals surface area contributed by atoms with Gasteiger partial charge in [-0.05, 0) is 24.5 Å². The molecule has 0 amide bonds. The topological polar surface area (TPSA) is 50.2 Å². The van der Waals surface area contributed by atoms with Crippen LogP contribution in [0.25, 0.3) is 0 Å². The molecule has 0 aliphatic heterocycles. The largest absolute Gasteiger partial charge is 0.481 e. The van der Waals surface area contributed by atoms with E-state index in [-0.39, 0.29) is 18.4 Å². The van der Waals surface area contributed by atoms with Gasteiger partial charge in [0.2, 0.25) is 5.92 Å². The fraction of sp³-hybridized carbons (Fsp3) is 0.500. The summed E-state index contributed by atoms with van der Waals surface area (Å²) in [5, 5.41) is 9.31. The molecule has 0 radical (unpaired) electrons. The molecule has 98 valence electrons. The lowest BCUT2D eigenvalue weighted by atomic mass is 9.69. The Bertz CT molecular complexity index is 466. The summed E-state index contributed by atoms with van der Waals surface area (Å²) in [5.41, 5.74) is -1.29. The molecule has 0 bridgehead atoms. The quantitative estimate of drug-likeness (QED) is 0.888. The summed E-state index contributed by atoms with van der Waals surface area (Å²) in [6.45, 7) is 0. The Balaban J connectivity index is 2.38. The lowest BCUT2D eigenvalue weighted by Gasteiger charge is -2.36. The second kappa shape index (κ2) is 4.26. The molecule has 1 aliphatic carbocycles. The van der Waals surface area contributed by atoms with Crippen molar-refractivity contribution < 1.29 is 23.1 Å². The second-order valence-electron chi connectivity index (χ2n) is 4.64. The summed E-state index contributed by atoms with van der Waals surface area (Å²) in [7, 11) is 0. The van der Waals surface area contributed by atoms with Crippen molar-refractivity contribution in [2.45, 2.75) is 37.0 Å². The number of carboxylic acid groups (broad SMARTS) is 1. The standard InChI is InChI=1S/C12H12F3NO2/c13-9-5-8(6-16-7-9)11(10(17)18)1-3-12(14,15)4-2-11/h5-7H,1-4H2,(H,17,18). The lowest BCUT2D eigenvalue weighted by molar-refractivity contribution is -0.149. The number of alkyl halides is 2. The van der Waals surface area contributed by atoms with Gasteiger partial charge >= 0.3 is 5.97 Å². The van der Waals surface area contributed by atoms with Crippen LogP contribution in [0.15, 0.2) is 18.5 Å². The number of hydrogen-bond acceptors (Lipinski definition) is 2. The van der Waals surface area contributed by atoms with Gasteiger partial charge in [-0.25, -0.2) is 13.2 Å². The van der Waals surface area contributed by atoms with E-state index in [1.54, 1.807) is 0 Å². The summed E-state index contributed by atoms with van der Waals surface area (Å²) in [6, 6.07) is 1.06. The van der Waals surface area contributed by atoms with Crippen LogP contribution in [-0.2, 0) is 10.2 Å². The average molecular weight is 259 g/mol. The Hall–Kier alpha value is -1.59. The van der Waals surface area contributed by atoms with Crippen LogP contribution in [0.2, 0.25) is 0 Å². The molecule has 6 heteroatoms. The fourth-order valence-corrected chi connectivity index (χ4v) is 2.34. The summed E-state index contributed by atoms with van der Waals surface area (Å²) < 4.78 is 39.4. The Labute approximate surface area is 102 Å². The zero-order chi connectivity index (χ0) is 13.4. The minimum atomic E-state index is -2.83. The van der Waals surface area contributed by atoms with Gasteiger partial charge in [0.15, 0.2) is 0 Å². The Kier molecular flexibility index (Phi) is 3.04. The van der Waals surface area contributed by atoms with Gasteiger partial charge in [-0.3, -0.25) is 9.78 Å². The monoisotopic (exact) mass is 259 g/mol. The van der Waals surface area contributed by atoms with E-state index in [1.807, 2.05) is 0 Å². The number of aliphatic carboxylic acids is 1. The number of aromatic nitrogens is 1. The van der Waals surface area contributed by atoms with Crippen molar-refractivity contribution in [2.75, 3.05) is 0 Å². The molecule has 0 aromatic carbocycles. The van der Waals surface area contributed by atoms with Crippen molar-refractivity contribution in [1.29, 1.82) is 0 Å². The van der Waals surface area contributed by atoms with Gasteiger partial charge in [-0.15, -0.1) is 0 Å². The lowest BCUT2D eigenvalue weighted by Crippen LogP contribution is -2.42. The van der Waals surface area contributed by atoms with Gasteiger partial charge in [0, 0.05) is 19.0 Å². The minimum absolute atomic E-state index is 0.158. The summed E-state index contributed by atoms with van der Waals surface area (Å²) in [4.78, 5) is 15.0. The third kappa shape index (κ3) is 2.19. The number of pyridine rings is 1. The van der Waals surface area contributed by atoms with E-state index < -0.39 is 36.0 Å². The van der Waals surface area contributed by atoms with Crippen molar-refractivity contribution in [3.63, 3.8) is 0 Å². The molecule has 1 N–H and O–H groups in total. The molecule has 2 rings (SSSR count). The smallest absolute Gasteiger partial charge is 0.314 e. The normalized spacial score (nSPS) is 21.5. The predicted molar refractivity (Wildman–Crippen MR) is 56.9 cm³/mol. The van der Waals surface area contributed by atoms with E-state index in [1.165, 1.54) is 6.20 Å². The Morgan fingerprint density at radius 1 is 1.22 bits per heavy atom. The highest BCUT2D eigenvalue weighted by molar-refractivity contribution is 5.81. The second-order valence-corrected chi connectivity index (χ2v) is 4.64. The van der Waals surface area contributed by atoms with Crippen LogP contribution in [-0.4, -0.2) is 22.0 Å². The van der Waals surface area contributed by atoms with Crippen molar-refractivity contribution in [2.24, 2.45) is 0 Å². The first-order chi connectivity index (χ1) is 8.36. The number of hydrogen-bond donors (Lipinski definition) is 1. The van der Waals surface area contributed by atoms with E-state index in [2.05, 4.69) is 4.98 Å². The highest BCUT2D eigenvalue weighted by Gasteiger charge is 2.49. The maximum Gasteiger partial charge on any atom is 0.314 e. The first kappa shape index (κ1) is 12.9. The Morgan fingerprint density at radius 2 is 1.83 bits per heavy atom. The first-order valence-electron chi connectivity index (χ1n) is 5.58. The molecule has 1 saturated carbocycles. The molecular formula is C12H12F3NO2. The van der Waals surface area contributed by atoms with E-state index in [0.29, 0.717) is 0 Å². The van der Waals surface area contributed by atoms with Crippen molar-refractivity contribution in [3.8, 4) is 0 Å². The third-order valence-electron chi connectivity index (χ3n) is 3.50. The number of carbonyl (C=O) groups is 1. The molecule has 1 aliphatic rings. The molecule has 1 aromatic rings. The van der Waals surface area contributed by atoms with Gasteiger partial charge in [0.05, 0.1) is 11.6 Å². The molecule has 0 unspecified atom stereocenters. The van der Waals surface area contributed by atoms with E-state index >= 15 is 0 Å². The molecule has 3 nitrogen and oxygen atoms in total. The molecule has 0 saturated heterocycles. The number of nitrogens with zero attached hydrogens (tertiary/aromatic N) is 1. The molecule has 1 aromatic heterocycles. The van der Waals surface area contributed by atoms with Crippen LogP contribution in [0.4, 0.5) is 13.2 Å². The Morgan fingerprint density at radius 3 is 2.33 bits per heavy atom. The maximum atomic E-state index is 13.1. The minimum Gasteiger partial charge on any atom is -0.481 e. The highest BCUT2D eigenvalue weighted by atomic mass is 19.3. The first-order valence-corrected chi connectivity index (χ1v) is 5.58. The van der Waals surface area contributed by atoms with E-state index in [9.17, 15) is 23.1 Å². The molecule has 1 fully saturated rings. The fourth-order valence-electron chi connectivity index (χ4n) is 2.34. The SMILES string of the molecule is O=C(O)C1(c2cncc(F)c2)CCC(F)(F)CC1. The summed E-state index contributed by atoms with van der Waals surface area (Å²) in [6.07, 6.45) is 0.768. The van der Waals surface area contributed by atoms with Gasteiger partial charge in [0.1, 0.15) is 5.82 Å². The summed E-state index contributed by atoms with van der Waals surface area (Å²) >= 11 is 0.